The van der Waals surface area contributed by atoms with Crippen molar-refractivity contribution < 1.29 is 14.7 Å². The fraction of sp³-hybridized carbons (Fsp3) is 0.800. The molecule has 0 unspecified atom stereocenters. The number of carbonyl (C=O) groups is 2. The normalized spacial score (nSPS) is 16.9. The maximum atomic E-state index is 11.3. The monoisotopic (exact) mass is 214 g/mol. The molecule has 1 saturated carbocycles. The number of aliphatic carboxylic acids is 1. The third-order valence-electron chi connectivity index (χ3n) is 2.54. The lowest BCUT2D eigenvalue weighted by Crippen LogP contribution is -2.42. The lowest BCUT2D eigenvalue weighted by Gasteiger charge is -2.13. The van der Waals surface area contributed by atoms with Crippen molar-refractivity contribution in [3.63, 3.8) is 0 Å². The summed E-state index contributed by atoms with van der Waals surface area (Å²) in [5.41, 5.74) is 0. The molecule has 1 fully saturated rings. The maximum Gasteiger partial charge on any atom is 0.315 e. The molecule has 0 aliphatic heterocycles. The summed E-state index contributed by atoms with van der Waals surface area (Å²) in [6, 6.07) is 0.0317. The highest BCUT2D eigenvalue weighted by molar-refractivity contribution is 5.74. The first kappa shape index (κ1) is 11.8. The van der Waals surface area contributed by atoms with E-state index < -0.39 is 5.97 Å². The van der Waals surface area contributed by atoms with Crippen molar-refractivity contribution in [2.24, 2.45) is 5.92 Å². The number of nitrogens with one attached hydrogen (secondary N) is 2. The molecule has 1 atom stereocenters. The van der Waals surface area contributed by atoms with Crippen molar-refractivity contribution in [3.05, 3.63) is 0 Å². The Hall–Kier alpha value is -1.26. The summed E-state index contributed by atoms with van der Waals surface area (Å²) in [5.74, 6) is -0.196. The zero-order valence-corrected chi connectivity index (χ0v) is 8.95. The van der Waals surface area contributed by atoms with Gasteiger partial charge in [-0.1, -0.05) is 0 Å². The molecule has 0 aromatic rings. The van der Waals surface area contributed by atoms with E-state index >= 15 is 0 Å². The number of urea groups is 1. The number of hydrogen-bond acceptors (Lipinski definition) is 2. The Morgan fingerprint density at radius 2 is 2.13 bits per heavy atom. The lowest BCUT2D eigenvalue weighted by molar-refractivity contribution is -0.137. The van der Waals surface area contributed by atoms with Crippen LogP contribution in [-0.2, 0) is 4.79 Å². The van der Waals surface area contributed by atoms with Gasteiger partial charge in [0.15, 0.2) is 0 Å². The van der Waals surface area contributed by atoms with Crippen LogP contribution < -0.4 is 10.6 Å². The molecule has 1 aliphatic rings. The predicted octanol–water partition coefficient (Wildman–Crippen LogP) is 0.949. The van der Waals surface area contributed by atoms with Crippen LogP contribution in [0.2, 0.25) is 0 Å². The minimum Gasteiger partial charge on any atom is -0.481 e. The molecule has 0 radical (unpaired) electrons. The molecule has 0 heterocycles. The Morgan fingerprint density at radius 3 is 2.67 bits per heavy atom. The summed E-state index contributed by atoms with van der Waals surface area (Å²) >= 11 is 0. The number of carbonyl (C=O) groups excluding carboxylic acids is 1. The average molecular weight is 214 g/mol. The first-order valence-corrected chi connectivity index (χ1v) is 5.35. The van der Waals surface area contributed by atoms with Crippen molar-refractivity contribution in [3.8, 4) is 0 Å². The fourth-order valence-corrected chi connectivity index (χ4v) is 1.41. The van der Waals surface area contributed by atoms with Crippen LogP contribution in [0.4, 0.5) is 4.79 Å². The summed E-state index contributed by atoms with van der Waals surface area (Å²) in [7, 11) is 0. The van der Waals surface area contributed by atoms with Gasteiger partial charge in [-0.25, -0.2) is 4.79 Å². The van der Waals surface area contributed by atoms with E-state index in [4.69, 9.17) is 5.11 Å². The van der Waals surface area contributed by atoms with Crippen LogP contribution in [0.15, 0.2) is 0 Å². The zero-order chi connectivity index (χ0) is 11.3. The van der Waals surface area contributed by atoms with Crippen LogP contribution >= 0.6 is 0 Å². The number of amides is 2. The van der Waals surface area contributed by atoms with Gasteiger partial charge in [-0.3, -0.25) is 4.79 Å². The highest BCUT2D eigenvalue weighted by Crippen LogP contribution is 2.32. The first-order chi connectivity index (χ1) is 7.09. The topological polar surface area (TPSA) is 78.4 Å². The number of rotatable bonds is 6. The third kappa shape index (κ3) is 5.24. The van der Waals surface area contributed by atoms with E-state index in [1.165, 1.54) is 12.8 Å². The van der Waals surface area contributed by atoms with Gasteiger partial charge in [-0.2, -0.15) is 0 Å². The van der Waals surface area contributed by atoms with Crippen molar-refractivity contribution >= 4 is 12.0 Å². The van der Waals surface area contributed by atoms with Crippen LogP contribution in [0.5, 0.6) is 0 Å². The molecular weight excluding hydrogens is 196 g/mol. The molecule has 5 heteroatoms. The minimum atomic E-state index is -0.830. The van der Waals surface area contributed by atoms with Gasteiger partial charge in [0, 0.05) is 19.0 Å². The fourth-order valence-electron chi connectivity index (χ4n) is 1.41. The molecule has 0 spiro atoms. The second-order valence-electron chi connectivity index (χ2n) is 4.02. The molecule has 5 nitrogen and oxygen atoms in total. The van der Waals surface area contributed by atoms with Crippen LogP contribution in [0.3, 0.4) is 0 Å². The van der Waals surface area contributed by atoms with E-state index in [-0.39, 0.29) is 18.5 Å². The molecule has 1 rings (SSSR count). The molecule has 1 aliphatic carbocycles. The second-order valence-corrected chi connectivity index (χ2v) is 4.02. The van der Waals surface area contributed by atoms with E-state index in [0.717, 1.165) is 0 Å². The van der Waals surface area contributed by atoms with Gasteiger partial charge in [-0.15, -0.1) is 0 Å². The Balaban J connectivity index is 2.00. The summed E-state index contributed by atoms with van der Waals surface area (Å²) < 4.78 is 0. The predicted molar refractivity (Wildman–Crippen MR) is 55.6 cm³/mol. The second kappa shape index (κ2) is 5.58. The molecule has 0 saturated heterocycles. The lowest BCUT2D eigenvalue weighted by atomic mass is 10.2. The average Bonchev–Trinajstić information content (AvgIpc) is 2.94. The zero-order valence-electron chi connectivity index (χ0n) is 8.95. The highest BCUT2D eigenvalue weighted by Gasteiger charge is 2.28. The molecule has 0 aromatic heterocycles. The van der Waals surface area contributed by atoms with E-state index in [1.807, 2.05) is 6.92 Å². The smallest absolute Gasteiger partial charge is 0.315 e. The van der Waals surface area contributed by atoms with Crippen molar-refractivity contribution in [1.82, 2.24) is 10.6 Å². The SMILES string of the molecule is C[C@@H](NC(=O)NCCCC(=O)O)C1CC1. The third-order valence-corrected chi connectivity index (χ3v) is 2.54. The standard InChI is InChI=1S/C10H18N2O3/c1-7(8-4-5-8)12-10(15)11-6-2-3-9(13)14/h7-8H,2-6H2,1H3,(H,13,14)(H2,11,12,15)/t7-/m1/s1. The number of carboxylic acid groups (broad SMARTS) is 1. The van der Waals surface area contributed by atoms with Crippen LogP contribution in [0.25, 0.3) is 0 Å². The largest absolute Gasteiger partial charge is 0.481 e. The van der Waals surface area contributed by atoms with Crippen LogP contribution in [0.1, 0.15) is 32.6 Å². The molecule has 2 amide bonds. The first-order valence-electron chi connectivity index (χ1n) is 5.35. The van der Waals surface area contributed by atoms with E-state index in [0.29, 0.717) is 18.9 Å². The van der Waals surface area contributed by atoms with Gasteiger partial charge in [0.05, 0.1) is 0 Å². The van der Waals surface area contributed by atoms with Gasteiger partial charge >= 0.3 is 12.0 Å². The molecule has 0 aromatic carbocycles. The van der Waals surface area contributed by atoms with Gasteiger partial charge in [0.25, 0.3) is 0 Å². The Labute approximate surface area is 89.2 Å². The summed E-state index contributed by atoms with van der Waals surface area (Å²) in [6.07, 6.45) is 2.96. The van der Waals surface area contributed by atoms with E-state index in [1.54, 1.807) is 0 Å². The van der Waals surface area contributed by atoms with E-state index in [9.17, 15) is 9.59 Å². The molecule has 86 valence electrons. The number of carboxylic acids is 1. The molecule has 0 bridgehead atoms. The summed E-state index contributed by atoms with van der Waals surface area (Å²) in [5, 5.41) is 13.8. The maximum absolute atomic E-state index is 11.3. The molecule has 3 N–H and O–H groups in total. The van der Waals surface area contributed by atoms with Gasteiger partial charge in [0.2, 0.25) is 0 Å². The van der Waals surface area contributed by atoms with Crippen molar-refractivity contribution in [2.75, 3.05) is 6.54 Å². The Morgan fingerprint density at radius 1 is 1.47 bits per heavy atom. The minimum absolute atomic E-state index is 0.0957. The quantitative estimate of drug-likeness (QED) is 0.576. The number of hydrogen-bond donors (Lipinski definition) is 3. The van der Waals surface area contributed by atoms with Gasteiger partial charge < -0.3 is 15.7 Å². The van der Waals surface area contributed by atoms with Gasteiger partial charge in [0.1, 0.15) is 0 Å². The van der Waals surface area contributed by atoms with Crippen molar-refractivity contribution in [2.45, 2.75) is 38.6 Å². The summed E-state index contributed by atoms with van der Waals surface area (Å²) in [4.78, 5) is 21.5. The highest BCUT2D eigenvalue weighted by atomic mass is 16.4. The van der Waals surface area contributed by atoms with Crippen LogP contribution in [-0.4, -0.2) is 29.7 Å². The molecule has 15 heavy (non-hydrogen) atoms. The van der Waals surface area contributed by atoms with Crippen molar-refractivity contribution in [1.29, 1.82) is 0 Å². The summed E-state index contributed by atoms with van der Waals surface area (Å²) in [6.45, 7) is 2.41. The van der Waals surface area contributed by atoms with E-state index in [2.05, 4.69) is 10.6 Å². The van der Waals surface area contributed by atoms with Gasteiger partial charge in [-0.05, 0) is 32.1 Å². The Bertz CT molecular complexity index is 239. The molecular formula is C10H18N2O3. The Kier molecular flexibility index (Phi) is 4.39. The van der Waals surface area contributed by atoms with Crippen LogP contribution in [0, 0.1) is 5.92 Å².